The molecule has 0 amide bonds. The van der Waals surface area contributed by atoms with Crippen molar-refractivity contribution in [3.05, 3.63) is 66.1 Å². The van der Waals surface area contributed by atoms with Crippen molar-refractivity contribution in [1.29, 1.82) is 0 Å². The van der Waals surface area contributed by atoms with Crippen LogP contribution in [0.15, 0.2) is 58.6 Å². The number of hydrogen-bond donors (Lipinski definition) is 0. The molecule has 0 aliphatic carbocycles. The quantitative estimate of drug-likeness (QED) is 0.564. The predicted octanol–water partition coefficient (Wildman–Crippen LogP) is 3.99. The third-order valence-electron chi connectivity index (χ3n) is 5.13. The first-order chi connectivity index (χ1) is 13.8. The zero-order valence-electron chi connectivity index (χ0n) is 16.1. The Labute approximate surface area is 169 Å². The van der Waals surface area contributed by atoms with Crippen molar-refractivity contribution in [1.82, 2.24) is 24.6 Å². The summed E-state index contributed by atoms with van der Waals surface area (Å²) in [5.74, 6) is 3.39. The molecule has 6 nitrogen and oxygen atoms in total. The highest BCUT2D eigenvalue weighted by molar-refractivity contribution is 7.98. The molecule has 0 N–H and O–H groups in total. The smallest absolute Gasteiger partial charge is 0.191 e. The highest BCUT2D eigenvalue weighted by Crippen LogP contribution is 2.29. The Balaban J connectivity index is 1.28. The molecule has 0 aromatic carbocycles. The number of likely N-dealkylation sites (tertiary alicyclic amines) is 1. The van der Waals surface area contributed by atoms with Crippen LogP contribution >= 0.6 is 11.8 Å². The van der Waals surface area contributed by atoms with Crippen molar-refractivity contribution in [2.75, 3.05) is 19.6 Å². The normalized spacial score (nSPS) is 16.2. The largest absolute Gasteiger partial charge is 0.465 e. The highest BCUT2D eigenvalue weighted by Gasteiger charge is 2.24. The van der Waals surface area contributed by atoms with Gasteiger partial charge in [-0.05, 0) is 61.8 Å². The number of furan rings is 1. The first kappa shape index (κ1) is 19.0. The minimum Gasteiger partial charge on any atom is -0.465 e. The first-order valence-corrected chi connectivity index (χ1v) is 10.6. The Kier molecular flexibility index (Phi) is 6.24. The van der Waals surface area contributed by atoms with E-state index in [0.29, 0.717) is 5.92 Å². The minimum atomic E-state index is 0.484. The fourth-order valence-corrected chi connectivity index (χ4v) is 4.39. The van der Waals surface area contributed by atoms with Gasteiger partial charge in [0.1, 0.15) is 11.6 Å². The van der Waals surface area contributed by atoms with Crippen LogP contribution < -0.4 is 0 Å². The average molecular weight is 396 g/mol. The van der Waals surface area contributed by atoms with Crippen LogP contribution in [0.2, 0.25) is 0 Å². The molecule has 3 aromatic heterocycles. The van der Waals surface area contributed by atoms with Crippen molar-refractivity contribution in [2.45, 2.75) is 29.7 Å². The van der Waals surface area contributed by atoms with E-state index in [1.807, 2.05) is 42.7 Å². The molecule has 4 heterocycles. The van der Waals surface area contributed by atoms with Crippen molar-refractivity contribution < 1.29 is 4.42 Å². The second-order valence-electron chi connectivity index (χ2n) is 7.04. The fourth-order valence-electron chi connectivity index (χ4n) is 3.51. The van der Waals surface area contributed by atoms with Gasteiger partial charge in [0.05, 0.1) is 6.26 Å². The molecular formula is C21H25N5OS. The van der Waals surface area contributed by atoms with Gasteiger partial charge in [-0.2, -0.15) is 0 Å². The van der Waals surface area contributed by atoms with E-state index in [0.717, 1.165) is 55.0 Å². The molecule has 146 valence electrons. The first-order valence-electron chi connectivity index (χ1n) is 9.63. The molecular weight excluding hydrogens is 370 g/mol. The van der Waals surface area contributed by atoms with Crippen molar-refractivity contribution in [3.8, 4) is 0 Å². The molecule has 3 aromatic rings. The summed E-state index contributed by atoms with van der Waals surface area (Å²) in [6.45, 7) is 3.12. The second kappa shape index (κ2) is 9.21. The predicted molar refractivity (Wildman–Crippen MR) is 111 cm³/mol. The molecule has 0 atom stereocenters. The molecule has 1 saturated heterocycles. The topological polar surface area (TPSA) is 60.0 Å². The van der Waals surface area contributed by atoms with Crippen LogP contribution in [0, 0.1) is 0 Å². The number of pyridine rings is 1. The molecule has 0 radical (unpaired) electrons. The number of aromatic nitrogens is 4. The average Bonchev–Trinajstić information content (AvgIpc) is 3.38. The minimum absolute atomic E-state index is 0.484. The molecule has 4 rings (SSSR count). The van der Waals surface area contributed by atoms with E-state index in [4.69, 9.17) is 4.42 Å². The van der Waals surface area contributed by atoms with E-state index in [1.165, 1.54) is 5.56 Å². The maximum absolute atomic E-state index is 5.33. The Morgan fingerprint density at radius 3 is 2.75 bits per heavy atom. The molecule has 28 heavy (non-hydrogen) atoms. The lowest BCUT2D eigenvalue weighted by molar-refractivity contribution is 0.227. The van der Waals surface area contributed by atoms with Gasteiger partial charge in [0.2, 0.25) is 0 Å². The van der Waals surface area contributed by atoms with Gasteiger partial charge in [0.15, 0.2) is 5.16 Å². The summed E-state index contributed by atoms with van der Waals surface area (Å²) in [4.78, 5) is 6.54. The molecule has 0 unspecified atom stereocenters. The van der Waals surface area contributed by atoms with Gasteiger partial charge in [0.25, 0.3) is 0 Å². The maximum Gasteiger partial charge on any atom is 0.191 e. The second-order valence-corrected chi connectivity index (χ2v) is 7.98. The number of thioether (sulfide) groups is 1. The molecule has 7 heteroatoms. The number of hydrogen-bond acceptors (Lipinski definition) is 6. The molecule has 0 saturated carbocycles. The van der Waals surface area contributed by atoms with Crippen LogP contribution in [0.25, 0.3) is 6.08 Å². The monoisotopic (exact) mass is 395 g/mol. The molecule has 0 bridgehead atoms. The molecule has 1 aliphatic heterocycles. The van der Waals surface area contributed by atoms with Gasteiger partial charge in [0, 0.05) is 37.7 Å². The third-order valence-corrected chi connectivity index (χ3v) is 6.22. The van der Waals surface area contributed by atoms with Gasteiger partial charge in [-0.1, -0.05) is 17.8 Å². The Morgan fingerprint density at radius 1 is 1.18 bits per heavy atom. The van der Waals surface area contributed by atoms with E-state index in [-0.39, 0.29) is 0 Å². The Morgan fingerprint density at radius 2 is 2.00 bits per heavy atom. The highest BCUT2D eigenvalue weighted by atomic mass is 32.2. The van der Waals surface area contributed by atoms with Crippen molar-refractivity contribution in [2.24, 2.45) is 7.05 Å². The lowest BCUT2D eigenvalue weighted by Gasteiger charge is -2.30. The summed E-state index contributed by atoms with van der Waals surface area (Å²) in [7, 11) is 2.09. The van der Waals surface area contributed by atoms with Crippen molar-refractivity contribution >= 4 is 17.8 Å². The van der Waals surface area contributed by atoms with Crippen LogP contribution in [0.4, 0.5) is 0 Å². The van der Waals surface area contributed by atoms with E-state index in [9.17, 15) is 0 Å². The molecule has 1 fully saturated rings. The van der Waals surface area contributed by atoms with Gasteiger partial charge < -0.3 is 8.98 Å². The van der Waals surface area contributed by atoms with Gasteiger partial charge >= 0.3 is 0 Å². The summed E-state index contributed by atoms with van der Waals surface area (Å²) < 4.78 is 7.50. The Hall–Kier alpha value is -2.38. The Bertz CT molecular complexity index is 883. The zero-order chi connectivity index (χ0) is 19.2. The van der Waals surface area contributed by atoms with Gasteiger partial charge in [-0.15, -0.1) is 10.2 Å². The number of nitrogens with zero attached hydrogens (tertiary/aromatic N) is 5. The van der Waals surface area contributed by atoms with E-state index < -0.39 is 0 Å². The summed E-state index contributed by atoms with van der Waals surface area (Å²) >= 11 is 1.73. The molecule has 0 spiro atoms. The lowest BCUT2D eigenvalue weighted by atomic mass is 9.96. The molecule has 1 aliphatic rings. The van der Waals surface area contributed by atoms with Gasteiger partial charge in [-0.25, -0.2) is 0 Å². The van der Waals surface area contributed by atoms with E-state index >= 15 is 0 Å². The summed E-state index contributed by atoms with van der Waals surface area (Å²) in [5.41, 5.74) is 1.25. The van der Waals surface area contributed by atoms with Crippen molar-refractivity contribution in [3.63, 3.8) is 0 Å². The van der Waals surface area contributed by atoms with E-state index in [2.05, 4.69) is 37.8 Å². The summed E-state index contributed by atoms with van der Waals surface area (Å²) in [6, 6.07) is 7.97. The summed E-state index contributed by atoms with van der Waals surface area (Å²) in [5, 5.41) is 9.92. The van der Waals surface area contributed by atoms with Crippen LogP contribution in [-0.4, -0.2) is 44.3 Å². The number of rotatable bonds is 7. The standard InChI is InChI=1S/C21H25N5OS/c1-25-20(23-24-21(25)28-16-17-6-10-22-11-7-17)18-8-13-26(14-9-18)12-2-4-19-5-3-15-27-19/h2-7,10-11,15,18H,8-9,12-14,16H2,1H3/b4-2+. The third kappa shape index (κ3) is 4.72. The van der Waals surface area contributed by atoms with E-state index in [1.54, 1.807) is 18.0 Å². The van der Waals surface area contributed by atoms with Gasteiger partial charge in [-0.3, -0.25) is 9.88 Å². The lowest BCUT2D eigenvalue weighted by Crippen LogP contribution is -2.33. The van der Waals surface area contributed by atoms with Crippen LogP contribution in [0.5, 0.6) is 0 Å². The fraction of sp³-hybridized carbons (Fsp3) is 0.381. The number of piperidine rings is 1. The maximum atomic E-state index is 5.33. The SMILES string of the molecule is Cn1c(SCc2ccncc2)nnc1C1CCN(C/C=C/c2ccco2)CC1. The zero-order valence-corrected chi connectivity index (χ0v) is 16.9. The van der Waals surface area contributed by atoms with Crippen LogP contribution in [0.3, 0.4) is 0 Å². The van der Waals surface area contributed by atoms with Crippen LogP contribution in [-0.2, 0) is 12.8 Å². The van der Waals surface area contributed by atoms with Crippen LogP contribution in [0.1, 0.15) is 35.9 Å². The summed E-state index contributed by atoms with van der Waals surface area (Å²) in [6.07, 6.45) is 11.8.